The zero-order valence-electron chi connectivity index (χ0n) is 20.9. The highest BCUT2D eigenvalue weighted by atomic mass is 16.5. The number of ether oxygens (including phenoxy) is 3. The molecule has 0 aliphatic heterocycles. The van der Waals surface area contributed by atoms with Crippen molar-refractivity contribution in [2.45, 2.75) is 45.9 Å². The van der Waals surface area contributed by atoms with Gasteiger partial charge in [-0.2, -0.15) is 5.10 Å². The number of benzene rings is 2. The summed E-state index contributed by atoms with van der Waals surface area (Å²) in [6, 6.07) is 17.7. The molecule has 0 bridgehead atoms. The second-order valence-corrected chi connectivity index (χ2v) is 8.65. The molecule has 7 nitrogen and oxygen atoms in total. The lowest BCUT2D eigenvalue weighted by Gasteiger charge is -2.25. The monoisotopic (exact) mass is 467 g/mol. The number of methoxy groups -OCH3 is 1. The van der Waals surface area contributed by atoms with Crippen molar-refractivity contribution < 1.29 is 19.3 Å². The lowest BCUT2D eigenvalue weighted by atomic mass is 10.1. The minimum absolute atomic E-state index is 0.0816. The molecule has 184 valence electrons. The predicted octanol–water partition coefficient (Wildman–Crippen LogP) is 4.89. The highest BCUT2D eigenvalue weighted by Crippen LogP contribution is 2.37. The van der Waals surface area contributed by atoms with Crippen molar-refractivity contribution in [1.82, 2.24) is 14.7 Å². The van der Waals surface area contributed by atoms with Crippen molar-refractivity contribution in [2.75, 3.05) is 26.8 Å². The number of para-hydroxylation sites is 2. The van der Waals surface area contributed by atoms with E-state index in [0.29, 0.717) is 37.1 Å². The molecule has 3 rings (SSSR count). The van der Waals surface area contributed by atoms with E-state index in [0.717, 1.165) is 29.8 Å². The van der Waals surface area contributed by atoms with Crippen LogP contribution < -0.4 is 9.47 Å². The molecular formula is C27H37N3O4. The molecule has 0 aliphatic carbocycles. The molecule has 1 aromatic heterocycles. The molecule has 0 amide bonds. The Morgan fingerprint density at radius 3 is 2.35 bits per heavy atom. The summed E-state index contributed by atoms with van der Waals surface area (Å²) in [5.74, 6) is 1.93. The van der Waals surface area contributed by atoms with Gasteiger partial charge in [0.15, 0.2) is 11.5 Å². The summed E-state index contributed by atoms with van der Waals surface area (Å²) >= 11 is 0. The molecular weight excluding hydrogens is 430 g/mol. The zero-order chi connectivity index (χ0) is 24.5. The first kappa shape index (κ1) is 25.7. The van der Waals surface area contributed by atoms with Gasteiger partial charge in [0.1, 0.15) is 5.69 Å². The second kappa shape index (κ2) is 12.6. The van der Waals surface area contributed by atoms with Crippen LogP contribution in [-0.4, -0.2) is 58.8 Å². The number of aryl methyl sites for hydroxylation is 1. The van der Waals surface area contributed by atoms with E-state index in [1.54, 1.807) is 11.8 Å². The second-order valence-electron chi connectivity index (χ2n) is 8.65. The number of aliphatic hydroxyl groups is 1. The van der Waals surface area contributed by atoms with Gasteiger partial charge in [-0.25, -0.2) is 4.68 Å². The fourth-order valence-electron chi connectivity index (χ4n) is 3.89. The van der Waals surface area contributed by atoms with Gasteiger partial charge in [-0.05, 0) is 38.9 Å². The minimum Gasteiger partial charge on any atom is -0.493 e. The van der Waals surface area contributed by atoms with Crippen LogP contribution in [0.15, 0.2) is 54.6 Å². The van der Waals surface area contributed by atoms with Gasteiger partial charge in [0, 0.05) is 25.7 Å². The Balaban J connectivity index is 1.96. The van der Waals surface area contributed by atoms with Crippen LogP contribution in [0, 0.1) is 0 Å². The highest BCUT2D eigenvalue weighted by molar-refractivity contribution is 5.65. The maximum absolute atomic E-state index is 10.6. The van der Waals surface area contributed by atoms with Gasteiger partial charge in [-0.1, -0.05) is 49.4 Å². The minimum atomic E-state index is -0.579. The molecule has 0 spiro atoms. The third-order valence-electron chi connectivity index (χ3n) is 5.42. The summed E-state index contributed by atoms with van der Waals surface area (Å²) in [4.78, 5) is 2.23. The average molecular weight is 468 g/mol. The fraction of sp³-hybridized carbons (Fsp3) is 0.444. The molecule has 0 fully saturated rings. The summed E-state index contributed by atoms with van der Waals surface area (Å²) in [5, 5.41) is 15.4. The van der Waals surface area contributed by atoms with Crippen LogP contribution in [0.5, 0.6) is 17.4 Å². The van der Waals surface area contributed by atoms with E-state index in [4.69, 9.17) is 19.3 Å². The van der Waals surface area contributed by atoms with E-state index >= 15 is 0 Å². The zero-order valence-corrected chi connectivity index (χ0v) is 20.9. The van der Waals surface area contributed by atoms with Gasteiger partial charge in [0.05, 0.1) is 31.5 Å². The van der Waals surface area contributed by atoms with E-state index in [1.165, 1.54) is 0 Å². The Morgan fingerprint density at radius 2 is 1.71 bits per heavy atom. The van der Waals surface area contributed by atoms with E-state index in [-0.39, 0.29) is 6.10 Å². The lowest BCUT2D eigenvalue weighted by molar-refractivity contribution is -0.00953. The van der Waals surface area contributed by atoms with Gasteiger partial charge in [-0.3, -0.25) is 4.90 Å². The number of hydrogen-bond acceptors (Lipinski definition) is 6. The predicted molar refractivity (Wildman–Crippen MR) is 134 cm³/mol. The molecule has 7 heteroatoms. The highest BCUT2D eigenvalue weighted by Gasteiger charge is 2.24. The number of rotatable bonds is 13. The van der Waals surface area contributed by atoms with Crippen molar-refractivity contribution in [1.29, 1.82) is 0 Å². The molecule has 34 heavy (non-hydrogen) atoms. The summed E-state index contributed by atoms with van der Waals surface area (Å²) in [6.45, 7) is 8.29. The molecule has 1 atom stereocenters. The largest absolute Gasteiger partial charge is 0.493 e. The molecule has 0 aliphatic rings. The first-order valence-electron chi connectivity index (χ1n) is 11.9. The quantitative estimate of drug-likeness (QED) is 0.386. The molecule has 1 N–H and O–H groups in total. The van der Waals surface area contributed by atoms with Gasteiger partial charge in [0.2, 0.25) is 5.88 Å². The van der Waals surface area contributed by atoms with E-state index in [2.05, 4.69) is 11.8 Å². The van der Waals surface area contributed by atoms with Crippen LogP contribution >= 0.6 is 0 Å². The smallest absolute Gasteiger partial charge is 0.222 e. The van der Waals surface area contributed by atoms with Crippen LogP contribution in [0.3, 0.4) is 0 Å². The molecule has 3 aromatic rings. The number of aliphatic hydroxyl groups excluding tert-OH is 1. The number of aromatic nitrogens is 2. The summed E-state index contributed by atoms with van der Waals surface area (Å²) in [5.41, 5.74) is 2.84. The van der Waals surface area contributed by atoms with E-state index in [9.17, 15) is 5.11 Å². The Morgan fingerprint density at radius 1 is 1.03 bits per heavy atom. The fourth-order valence-corrected chi connectivity index (χ4v) is 3.89. The van der Waals surface area contributed by atoms with Gasteiger partial charge in [0.25, 0.3) is 0 Å². The molecule has 0 saturated heterocycles. The standard InChI is InChI=1S/C27H37N3O4/c1-6-16-30(17-22(31)19-33-20(2)3)18-23-26(21-12-8-7-9-13-21)28-29(4)27(23)34-25-15-11-10-14-24(25)32-5/h7-15,20,22,31H,6,16-19H2,1-5H3. The van der Waals surface area contributed by atoms with Crippen molar-refractivity contribution in [2.24, 2.45) is 7.05 Å². The van der Waals surface area contributed by atoms with Gasteiger partial charge >= 0.3 is 0 Å². The molecule has 0 saturated carbocycles. The SMILES string of the molecule is CCCN(Cc1c(-c2ccccc2)nn(C)c1Oc1ccccc1OC)CC(O)COC(C)C. The molecule has 2 aromatic carbocycles. The normalized spacial score (nSPS) is 12.4. The van der Waals surface area contributed by atoms with Crippen molar-refractivity contribution in [3.05, 3.63) is 60.2 Å². The van der Waals surface area contributed by atoms with Crippen molar-refractivity contribution in [3.8, 4) is 28.6 Å². The van der Waals surface area contributed by atoms with Crippen LogP contribution in [0.1, 0.15) is 32.8 Å². The summed E-state index contributed by atoms with van der Waals surface area (Å²) in [6.07, 6.45) is 0.462. The molecule has 1 heterocycles. The Bertz CT molecular complexity index is 1020. The van der Waals surface area contributed by atoms with E-state index < -0.39 is 6.10 Å². The molecule has 1 unspecified atom stereocenters. The molecule has 0 radical (unpaired) electrons. The summed E-state index contributed by atoms with van der Waals surface area (Å²) < 4.78 is 19.3. The average Bonchev–Trinajstić information content (AvgIpc) is 3.13. The van der Waals surface area contributed by atoms with Crippen LogP contribution in [0.2, 0.25) is 0 Å². The van der Waals surface area contributed by atoms with Crippen molar-refractivity contribution in [3.63, 3.8) is 0 Å². The Kier molecular flexibility index (Phi) is 9.51. The Labute approximate surface area is 202 Å². The van der Waals surface area contributed by atoms with E-state index in [1.807, 2.05) is 75.5 Å². The van der Waals surface area contributed by atoms with Crippen molar-refractivity contribution >= 4 is 0 Å². The topological polar surface area (TPSA) is 69.0 Å². The number of hydrogen-bond donors (Lipinski definition) is 1. The maximum Gasteiger partial charge on any atom is 0.222 e. The summed E-state index contributed by atoms with van der Waals surface area (Å²) in [7, 11) is 3.52. The van der Waals surface area contributed by atoms with Crippen LogP contribution in [0.4, 0.5) is 0 Å². The number of nitrogens with zero attached hydrogens (tertiary/aromatic N) is 3. The first-order valence-corrected chi connectivity index (χ1v) is 11.9. The first-order chi connectivity index (χ1) is 16.4. The van der Waals surface area contributed by atoms with Gasteiger partial charge < -0.3 is 19.3 Å². The lowest BCUT2D eigenvalue weighted by Crippen LogP contribution is -2.35. The van der Waals surface area contributed by atoms with Gasteiger partial charge in [-0.15, -0.1) is 0 Å². The third kappa shape index (κ3) is 6.82. The van der Waals surface area contributed by atoms with Crippen LogP contribution in [-0.2, 0) is 18.3 Å². The Hall–Kier alpha value is -2.87. The maximum atomic E-state index is 10.6. The third-order valence-corrected chi connectivity index (χ3v) is 5.42. The van der Waals surface area contributed by atoms with Crippen LogP contribution in [0.25, 0.3) is 11.3 Å².